The van der Waals surface area contributed by atoms with Crippen molar-refractivity contribution < 1.29 is 5.11 Å². The molecule has 2 nitrogen and oxygen atoms in total. The van der Waals surface area contributed by atoms with Crippen molar-refractivity contribution in [3.8, 4) is 5.75 Å². The predicted molar refractivity (Wildman–Crippen MR) is 57.4 cm³/mol. The fourth-order valence-electron chi connectivity index (χ4n) is 2.49. The van der Waals surface area contributed by atoms with Crippen LogP contribution in [0.15, 0.2) is 18.2 Å². The molecular formula is C12H17NO. The molecule has 3 N–H and O–H groups in total. The minimum atomic E-state index is 0.393. The third kappa shape index (κ3) is 1.40. The Morgan fingerprint density at radius 3 is 3.00 bits per heavy atom. The molecule has 0 radical (unpaired) electrons. The zero-order valence-electron chi connectivity index (χ0n) is 8.53. The van der Waals surface area contributed by atoms with Crippen LogP contribution in [0, 0.1) is 5.92 Å². The molecule has 1 aliphatic rings. The van der Waals surface area contributed by atoms with Gasteiger partial charge in [-0.15, -0.1) is 0 Å². The highest BCUT2D eigenvalue weighted by Gasteiger charge is 2.27. The van der Waals surface area contributed by atoms with Gasteiger partial charge >= 0.3 is 0 Å². The lowest BCUT2D eigenvalue weighted by Crippen LogP contribution is -2.25. The number of rotatable bonds is 1. The summed E-state index contributed by atoms with van der Waals surface area (Å²) in [5.41, 5.74) is 8.13. The number of fused-ring (bicyclic) bond motifs is 1. The van der Waals surface area contributed by atoms with E-state index in [9.17, 15) is 5.11 Å². The van der Waals surface area contributed by atoms with Gasteiger partial charge in [-0.05, 0) is 42.9 Å². The Morgan fingerprint density at radius 2 is 2.29 bits per heavy atom. The minimum absolute atomic E-state index is 0.393. The third-order valence-electron chi connectivity index (χ3n) is 3.42. The standard InChI is InChI=1S/C12H17NO/c1-8-10(7-13)6-5-9-3-2-4-11(14)12(8)9/h2-4,8,10,14H,5-7,13H2,1H3. The quantitative estimate of drug-likeness (QED) is 0.713. The van der Waals surface area contributed by atoms with E-state index in [0.29, 0.717) is 17.6 Å². The lowest BCUT2D eigenvalue weighted by atomic mass is 9.76. The summed E-state index contributed by atoms with van der Waals surface area (Å²) in [4.78, 5) is 0. The Labute approximate surface area is 84.7 Å². The molecule has 0 saturated carbocycles. The number of hydrogen-bond acceptors (Lipinski definition) is 2. The lowest BCUT2D eigenvalue weighted by Gasteiger charge is -2.30. The van der Waals surface area contributed by atoms with Crippen LogP contribution < -0.4 is 5.73 Å². The number of aromatic hydroxyl groups is 1. The van der Waals surface area contributed by atoms with Gasteiger partial charge in [0.2, 0.25) is 0 Å². The first-order valence-corrected chi connectivity index (χ1v) is 5.25. The van der Waals surface area contributed by atoms with Crippen molar-refractivity contribution in [3.63, 3.8) is 0 Å². The van der Waals surface area contributed by atoms with Gasteiger partial charge < -0.3 is 10.8 Å². The van der Waals surface area contributed by atoms with Crippen LogP contribution in [-0.2, 0) is 6.42 Å². The van der Waals surface area contributed by atoms with Crippen LogP contribution in [0.25, 0.3) is 0 Å². The molecule has 2 rings (SSSR count). The summed E-state index contributed by atoms with van der Waals surface area (Å²) in [5, 5.41) is 9.80. The van der Waals surface area contributed by atoms with Crippen molar-refractivity contribution in [1.29, 1.82) is 0 Å². The van der Waals surface area contributed by atoms with Crippen molar-refractivity contribution >= 4 is 0 Å². The zero-order valence-corrected chi connectivity index (χ0v) is 8.53. The molecular weight excluding hydrogens is 174 g/mol. The number of hydrogen-bond donors (Lipinski definition) is 2. The van der Waals surface area contributed by atoms with E-state index in [2.05, 4.69) is 13.0 Å². The molecule has 1 aromatic rings. The van der Waals surface area contributed by atoms with E-state index >= 15 is 0 Å². The van der Waals surface area contributed by atoms with E-state index < -0.39 is 0 Å². The van der Waals surface area contributed by atoms with E-state index in [1.54, 1.807) is 6.07 Å². The van der Waals surface area contributed by atoms with Crippen LogP contribution in [0.1, 0.15) is 30.4 Å². The highest BCUT2D eigenvalue weighted by molar-refractivity contribution is 5.43. The zero-order chi connectivity index (χ0) is 10.1. The molecule has 1 aliphatic carbocycles. The van der Waals surface area contributed by atoms with Gasteiger partial charge in [0.05, 0.1) is 0 Å². The van der Waals surface area contributed by atoms with Crippen LogP contribution >= 0.6 is 0 Å². The van der Waals surface area contributed by atoms with Gasteiger partial charge in [0.1, 0.15) is 5.75 Å². The number of aryl methyl sites for hydroxylation is 1. The highest BCUT2D eigenvalue weighted by atomic mass is 16.3. The van der Waals surface area contributed by atoms with Gasteiger partial charge in [0.15, 0.2) is 0 Å². The predicted octanol–water partition coefficient (Wildman–Crippen LogP) is 2.02. The third-order valence-corrected chi connectivity index (χ3v) is 3.42. The SMILES string of the molecule is CC1c2c(O)cccc2CCC1CN. The van der Waals surface area contributed by atoms with Crippen LogP contribution in [0.2, 0.25) is 0 Å². The van der Waals surface area contributed by atoms with E-state index in [0.717, 1.165) is 24.9 Å². The van der Waals surface area contributed by atoms with Gasteiger partial charge in [-0.3, -0.25) is 0 Å². The Hall–Kier alpha value is -1.02. The molecule has 0 aromatic heterocycles. The largest absolute Gasteiger partial charge is 0.508 e. The molecule has 1 aromatic carbocycles. The first-order valence-electron chi connectivity index (χ1n) is 5.25. The summed E-state index contributed by atoms with van der Waals surface area (Å²) in [7, 11) is 0. The fraction of sp³-hybridized carbons (Fsp3) is 0.500. The maximum Gasteiger partial charge on any atom is 0.119 e. The van der Waals surface area contributed by atoms with Crippen LogP contribution in [0.5, 0.6) is 5.75 Å². The molecule has 76 valence electrons. The number of benzene rings is 1. The summed E-state index contributed by atoms with van der Waals surface area (Å²) in [5.74, 6) is 1.36. The summed E-state index contributed by atoms with van der Waals surface area (Å²) in [6, 6.07) is 5.80. The molecule has 2 heteroatoms. The Kier molecular flexibility index (Phi) is 2.46. The summed E-state index contributed by atoms with van der Waals surface area (Å²) >= 11 is 0. The molecule has 0 spiro atoms. The molecule has 14 heavy (non-hydrogen) atoms. The molecule has 2 atom stereocenters. The number of phenolic OH excluding ortho intramolecular Hbond substituents is 1. The van der Waals surface area contributed by atoms with Crippen molar-refractivity contribution in [2.45, 2.75) is 25.7 Å². The lowest BCUT2D eigenvalue weighted by molar-refractivity contribution is 0.379. The second kappa shape index (κ2) is 3.62. The van der Waals surface area contributed by atoms with Gasteiger partial charge in [-0.25, -0.2) is 0 Å². The Bertz CT molecular complexity index is 335. The average Bonchev–Trinajstić information content (AvgIpc) is 2.18. The van der Waals surface area contributed by atoms with E-state index in [1.165, 1.54) is 5.56 Å². The fourth-order valence-corrected chi connectivity index (χ4v) is 2.49. The molecule has 0 fully saturated rings. The smallest absolute Gasteiger partial charge is 0.119 e. The van der Waals surface area contributed by atoms with E-state index in [4.69, 9.17) is 5.73 Å². The second-order valence-corrected chi connectivity index (χ2v) is 4.17. The van der Waals surface area contributed by atoms with Gasteiger partial charge in [-0.1, -0.05) is 19.1 Å². The topological polar surface area (TPSA) is 46.2 Å². The average molecular weight is 191 g/mol. The van der Waals surface area contributed by atoms with E-state index in [-0.39, 0.29) is 0 Å². The highest BCUT2D eigenvalue weighted by Crippen LogP contribution is 2.39. The van der Waals surface area contributed by atoms with Crippen LogP contribution in [-0.4, -0.2) is 11.7 Å². The maximum absolute atomic E-state index is 9.80. The van der Waals surface area contributed by atoms with E-state index in [1.807, 2.05) is 6.07 Å². The number of phenols is 1. The van der Waals surface area contributed by atoms with Gasteiger partial charge in [-0.2, -0.15) is 0 Å². The monoisotopic (exact) mass is 191 g/mol. The molecule has 2 unspecified atom stereocenters. The number of nitrogens with two attached hydrogens (primary N) is 1. The van der Waals surface area contributed by atoms with Crippen LogP contribution in [0.3, 0.4) is 0 Å². The van der Waals surface area contributed by atoms with Crippen molar-refractivity contribution in [1.82, 2.24) is 0 Å². The van der Waals surface area contributed by atoms with Crippen LogP contribution in [0.4, 0.5) is 0 Å². The second-order valence-electron chi connectivity index (χ2n) is 4.17. The summed E-state index contributed by atoms with van der Waals surface area (Å²) in [6.07, 6.45) is 2.20. The first kappa shape index (κ1) is 9.53. The maximum atomic E-state index is 9.80. The van der Waals surface area contributed by atoms with Crippen molar-refractivity contribution in [2.75, 3.05) is 6.54 Å². The van der Waals surface area contributed by atoms with Crippen molar-refractivity contribution in [3.05, 3.63) is 29.3 Å². The normalized spacial score (nSPS) is 25.9. The molecule has 0 saturated heterocycles. The summed E-state index contributed by atoms with van der Waals surface area (Å²) < 4.78 is 0. The molecule has 0 bridgehead atoms. The Morgan fingerprint density at radius 1 is 1.50 bits per heavy atom. The summed E-state index contributed by atoms with van der Waals surface area (Å²) in [6.45, 7) is 2.88. The molecule has 0 aliphatic heterocycles. The molecule has 0 amide bonds. The minimum Gasteiger partial charge on any atom is -0.508 e. The van der Waals surface area contributed by atoms with Gasteiger partial charge in [0, 0.05) is 5.56 Å². The van der Waals surface area contributed by atoms with Crippen molar-refractivity contribution in [2.24, 2.45) is 11.7 Å². The van der Waals surface area contributed by atoms with Gasteiger partial charge in [0.25, 0.3) is 0 Å². The first-order chi connectivity index (χ1) is 6.74. The Balaban J connectivity index is 2.43. The molecule has 0 heterocycles.